The largest absolute Gasteiger partial charge is 0.399 e. The maximum Gasteiger partial charge on any atom is 0.106 e. The SMILES string of the molecule is CON=Cc1ccccc1C1=C(C)C(C)=CC1C. The zero-order valence-corrected chi connectivity index (χ0v) is 11.4. The fourth-order valence-corrected chi connectivity index (χ4v) is 2.55. The van der Waals surface area contributed by atoms with Gasteiger partial charge in [-0.3, -0.25) is 0 Å². The quantitative estimate of drug-likeness (QED) is 0.578. The molecule has 0 amide bonds. The maximum atomic E-state index is 4.78. The third kappa shape index (κ3) is 2.23. The summed E-state index contributed by atoms with van der Waals surface area (Å²) in [4.78, 5) is 4.78. The number of hydrogen-bond donors (Lipinski definition) is 0. The Morgan fingerprint density at radius 2 is 1.94 bits per heavy atom. The van der Waals surface area contributed by atoms with Crippen molar-refractivity contribution in [3.63, 3.8) is 0 Å². The van der Waals surface area contributed by atoms with Crippen molar-refractivity contribution >= 4 is 11.8 Å². The third-order valence-electron chi connectivity index (χ3n) is 3.50. The van der Waals surface area contributed by atoms with Crippen LogP contribution in [0.1, 0.15) is 31.9 Å². The Labute approximate surface area is 109 Å². The molecule has 1 aliphatic carbocycles. The predicted octanol–water partition coefficient (Wildman–Crippen LogP) is 4.04. The van der Waals surface area contributed by atoms with Gasteiger partial charge < -0.3 is 4.84 Å². The molecule has 1 aromatic rings. The molecule has 0 radical (unpaired) electrons. The normalized spacial score (nSPS) is 19.6. The van der Waals surface area contributed by atoms with Crippen molar-refractivity contribution < 1.29 is 4.84 Å². The summed E-state index contributed by atoms with van der Waals surface area (Å²) < 4.78 is 0. The smallest absolute Gasteiger partial charge is 0.106 e. The maximum absolute atomic E-state index is 4.78. The van der Waals surface area contributed by atoms with Gasteiger partial charge in [0.15, 0.2) is 0 Å². The van der Waals surface area contributed by atoms with Crippen LogP contribution in [0.2, 0.25) is 0 Å². The van der Waals surface area contributed by atoms with Gasteiger partial charge in [-0.05, 0) is 30.6 Å². The Kier molecular flexibility index (Phi) is 3.66. The number of hydrogen-bond acceptors (Lipinski definition) is 2. The van der Waals surface area contributed by atoms with Crippen LogP contribution in [0.3, 0.4) is 0 Å². The zero-order chi connectivity index (χ0) is 13.1. The first-order valence-corrected chi connectivity index (χ1v) is 6.20. The zero-order valence-electron chi connectivity index (χ0n) is 11.4. The van der Waals surface area contributed by atoms with Crippen LogP contribution < -0.4 is 0 Å². The molecule has 18 heavy (non-hydrogen) atoms. The van der Waals surface area contributed by atoms with E-state index in [0.717, 1.165) is 5.56 Å². The first-order chi connectivity index (χ1) is 8.65. The van der Waals surface area contributed by atoms with E-state index in [4.69, 9.17) is 4.84 Å². The number of oxime groups is 1. The van der Waals surface area contributed by atoms with Crippen molar-refractivity contribution in [3.8, 4) is 0 Å². The van der Waals surface area contributed by atoms with Gasteiger partial charge in [0, 0.05) is 11.5 Å². The second-order valence-corrected chi connectivity index (χ2v) is 4.68. The molecule has 94 valence electrons. The highest BCUT2D eigenvalue weighted by molar-refractivity contribution is 5.91. The highest BCUT2D eigenvalue weighted by Crippen LogP contribution is 2.38. The fourth-order valence-electron chi connectivity index (χ4n) is 2.55. The van der Waals surface area contributed by atoms with E-state index in [9.17, 15) is 0 Å². The van der Waals surface area contributed by atoms with E-state index >= 15 is 0 Å². The summed E-state index contributed by atoms with van der Waals surface area (Å²) in [5.41, 5.74) is 6.49. The van der Waals surface area contributed by atoms with Crippen molar-refractivity contribution in [2.45, 2.75) is 20.8 Å². The van der Waals surface area contributed by atoms with Crippen molar-refractivity contribution in [2.24, 2.45) is 11.1 Å². The number of rotatable bonds is 3. The summed E-state index contributed by atoms with van der Waals surface area (Å²) in [6.07, 6.45) is 4.09. The van der Waals surface area contributed by atoms with E-state index in [1.807, 2.05) is 6.07 Å². The van der Waals surface area contributed by atoms with E-state index in [1.165, 1.54) is 22.3 Å². The first kappa shape index (κ1) is 12.6. The molecule has 2 rings (SSSR count). The molecule has 1 unspecified atom stereocenters. The molecular weight excluding hydrogens is 222 g/mol. The molecule has 0 saturated heterocycles. The van der Waals surface area contributed by atoms with E-state index in [2.05, 4.69) is 50.2 Å². The molecule has 0 aromatic heterocycles. The molecule has 0 heterocycles. The molecule has 0 aliphatic heterocycles. The van der Waals surface area contributed by atoms with Gasteiger partial charge in [0.05, 0.1) is 6.21 Å². The lowest BCUT2D eigenvalue weighted by Gasteiger charge is -2.13. The highest BCUT2D eigenvalue weighted by atomic mass is 16.6. The molecule has 1 aliphatic rings. The summed E-state index contributed by atoms with van der Waals surface area (Å²) >= 11 is 0. The Morgan fingerprint density at radius 3 is 2.56 bits per heavy atom. The van der Waals surface area contributed by atoms with Gasteiger partial charge in [0.1, 0.15) is 7.11 Å². The van der Waals surface area contributed by atoms with Crippen LogP contribution in [0.5, 0.6) is 0 Å². The van der Waals surface area contributed by atoms with Gasteiger partial charge in [-0.1, -0.05) is 48.0 Å². The van der Waals surface area contributed by atoms with Crippen LogP contribution in [-0.4, -0.2) is 13.3 Å². The Morgan fingerprint density at radius 1 is 1.22 bits per heavy atom. The highest BCUT2D eigenvalue weighted by Gasteiger charge is 2.20. The molecule has 0 saturated carbocycles. The van der Waals surface area contributed by atoms with Crippen molar-refractivity contribution in [1.29, 1.82) is 0 Å². The summed E-state index contributed by atoms with van der Waals surface area (Å²) in [7, 11) is 1.56. The van der Waals surface area contributed by atoms with Gasteiger partial charge >= 0.3 is 0 Å². The van der Waals surface area contributed by atoms with Crippen LogP contribution >= 0.6 is 0 Å². The van der Waals surface area contributed by atoms with E-state index < -0.39 is 0 Å². The fraction of sp³-hybridized carbons (Fsp3) is 0.312. The summed E-state index contributed by atoms with van der Waals surface area (Å²) in [5.74, 6) is 0.460. The minimum Gasteiger partial charge on any atom is -0.399 e. The van der Waals surface area contributed by atoms with Crippen LogP contribution in [0.4, 0.5) is 0 Å². The third-order valence-corrected chi connectivity index (χ3v) is 3.50. The summed E-state index contributed by atoms with van der Waals surface area (Å²) in [6.45, 7) is 6.60. The second-order valence-electron chi connectivity index (χ2n) is 4.68. The van der Waals surface area contributed by atoms with Crippen LogP contribution in [0.15, 0.2) is 46.6 Å². The Bertz CT molecular complexity index is 538. The van der Waals surface area contributed by atoms with Crippen LogP contribution in [-0.2, 0) is 4.84 Å². The molecule has 0 fully saturated rings. The van der Waals surface area contributed by atoms with Gasteiger partial charge in [-0.15, -0.1) is 0 Å². The molecule has 1 aromatic carbocycles. The Balaban J connectivity index is 2.50. The van der Waals surface area contributed by atoms with Crippen molar-refractivity contribution in [1.82, 2.24) is 0 Å². The van der Waals surface area contributed by atoms with Crippen LogP contribution in [0.25, 0.3) is 5.57 Å². The minimum absolute atomic E-state index is 0.460. The second kappa shape index (κ2) is 5.21. The lowest BCUT2D eigenvalue weighted by molar-refractivity contribution is 0.215. The van der Waals surface area contributed by atoms with Gasteiger partial charge in [0.25, 0.3) is 0 Å². The molecular formula is C16H19NO. The molecule has 0 spiro atoms. The van der Waals surface area contributed by atoms with E-state index in [0.29, 0.717) is 5.92 Å². The predicted molar refractivity (Wildman–Crippen MR) is 76.6 cm³/mol. The molecule has 2 heteroatoms. The lowest BCUT2D eigenvalue weighted by Crippen LogP contribution is -1.98. The standard InChI is InChI=1S/C16H19NO/c1-11-9-12(2)16(13(11)3)15-8-6-5-7-14(15)10-17-18-4/h5-10,12H,1-4H3. The van der Waals surface area contributed by atoms with E-state index in [1.54, 1.807) is 13.3 Å². The summed E-state index contributed by atoms with van der Waals surface area (Å²) in [6, 6.07) is 8.31. The monoisotopic (exact) mass is 241 g/mol. The Hall–Kier alpha value is -1.83. The average molecular weight is 241 g/mol. The molecule has 0 bridgehead atoms. The van der Waals surface area contributed by atoms with Gasteiger partial charge in [-0.2, -0.15) is 0 Å². The number of allylic oxidation sites excluding steroid dienone is 4. The van der Waals surface area contributed by atoms with Gasteiger partial charge in [0.2, 0.25) is 0 Å². The average Bonchev–Trinajstić information content (AvgIpc) is 2.61. The van der Waals surface area contributed by atoms with E-state index in [-0.39, 0.29) is 0 Å². The minimum atomic E-state index is 0.460. The molecule has 2 nitrogen and oxygen atoms in total. The lowest BCUT2D eigenvalue weighted by atomic mass is 9.91. The molecule has 0 N–H and O–H groups in total. The van der Waals surface area contributed by atoms with Crippen molar-refractivity contribution in [3.05, 3.63) is 52.6 Å². The topological polar surface area (TPSA) is 21.6 Å². The van der Waals surface area contributed by atoms with Gasteiger partial charge in [-0.25, -0.2) is 0 Å². The number of nitrogens with zero attached hydrogens (tertiary/aromatic N) is 1. The molecule has 1 atom stereocenters. The first-order valence-electron chi connectivity index (χ1n) is 6.20. The summed E-state index contributed by atoms with van der Waals surface area (Å²) in [5, 5.41) is 3.88. The van der Waals surface area contributed by atoms with Crippen molar-refractivity contribution in [2.75, 3.05) is 7.11 Å². The van der Waals surface area contributed by atoms with Crippen LogP contribution in [0, 0.1) is 5.92 Å². The number of benzene rings is 1.